The molecule has 42 heavy (non-hydrogen) atoms. The molecule has 0 saturated heterocycles. The predicted molar refractivity (Wildman–Crippen MR) is 191 cm³/mol. The van der Waals surface area contributed by atoms with Gasteiger partial charge >= 0.3 is 25.7 Å². The Hall–Kier alpha value is -1.15. The molecule has 0 unspecified atom stereocenters. The minimum absolute atomic E-state index is 0.673. The van der Waals surface area contributed by atoms with Crippen LogP contribution >= 0.6 is 0 Å². The van der Waals surface area contributed by atoms with E-state index in [1.807, 2.05) is 24.3 Å². The van der Waals surface area contributed by atoms with Gasteiger partial charge in [0.05, 0.1) is 11.6 Å². The first-order chi connectivity index (χ1) is 19.4. The van der Waals surface area contributed by atoms with Crippen LogP contribution in [-0.4, -0.2) is 42.3 Å². The second-order valence-electron chi connectivity index (χ2n) is 14.0. The fourth-order valence-corrected chi connectivity index (χ4v) is 30.2. The lowest BCUT2D eigenvalue weighted by atomic mass is 10.0. The summed E-state index contributed by atoms with van der Waals surface area (Å²) in [6.45, 7) is 24.4. The standard InChI is InChI=1S/C32H57NO4Si5/c1-12-13-14-15-16-17-18-27-38(2,3)34-40(6,7)36-42(10,11)37-41(8,9)35-39(4,5)32-25-23-31(24-26-32)30-21-19-29(28-33)20-22-30/h19-26H,12-18,27H2,1-11H3. The smallest absolute Gasteiger partial charge is 0.314 e. The SMILES string of the molecule is CCCCCCCCC[Si](C)(C)O[Si](C)(C)O[Si](C)(C)O[Si](C)(C)O[Si](C)(C)c1ccc(-c2ccc(C#N)cc2)cc1. The van der Waals surface area contributed by atoms with Crippen LogP contribution in [0.25, 0.3) is 11.1 Å². The molecule has 0 spiro atoms. The van der Waals surface area contributed by atoms with E-state index < -0.39 is 42.3 Å². The number of unbranched alkanes of at least 4 members (excludes halogenated alkanes) is 6. The quantitative estimate of drug-likeness (QED) is 0.118. The van der Waals surface area contributed by atoms with Gasteiger partial charge < -0.3 is 16.5 Å². The maximum Gasteiger partial charge on any atom is 0.314 e. The van der Waals surface area contributed by atoms with Crippen molar-refractivity contribution in [3.8, 4) is 17.2 Å². The maximum atomic E-state index is 9.08. The van der Waals surface area contributed by atoms with E-state index in [4.69, 9.17) is 21.7 Å². The summed E-state index contributed by atoms with van der Waals surface area (Å²) in [5.74, 6) is 0. The number of hydrogen-bond donors (Lipinski definition) is 0. The molecule has 2 aromatic carbocycles. The van der Waals surface area contributed by atoms with Gasteiger partial charge in [-0.05, 0) is 100.0 Å². The zero-order valence-corrected chi connectivity index (χ0v) is 33.4. The molecule has 0 aliphatic heterocycles. The molecule has 0 radical (unpaired) electrons. The van der Waals surface area contributed by atoms with Crippen LogP contribution in [-0.2, 0) is 16.5 Å². The van der Waals surface area contributed by atoms with Crippen molar-refractivity contribution in [2.75, 3.05) is 0 Å². The molecule has 5 nitrogen and oxygen atoms in total. The van der Waals surface area contributed by atoms with E-state index in [1.165, 1.54) is 56.2 Å². The summed E-state index contributed by atoms with van der Waals surface area (Å²) in [5, 5.41) is 10.3. The van der Waals surface area contributed by atoms with Crippen molar-refractivity contribution >= 4 is 47.5 Å². The first-order valence-corrected chi connectivity index (χ1v) is 30.3. The summed E-state index contributed by atoms with van der Waals surface area (Å²) in [4.78, 5) is 0. The third kappa shape index (κ3) is 13.2. The van der Waals surface area contributed by atoms with Crippen molar-refractivity contribution < 1.29 is 16.5 Å². The molecule has 2 rings (SSSR count). The average Bonchev–Trinajstić information content (AvgIpc) is 2.85. The summed E-state index contributed by atoms with van der Waals surface area (Å²) >= 11 is 0. The molecule has 0 saturated carbocycles. The van der Waals surface area contributed by atoms with E-state index in [-0.39, 0.29) is 0 Å². The molecule has 0 bridgehead atoms. The van der Waals surface area contributed by atoms with Gasteiger partial charge in [0, 0.05) is 0 Å². The second-order valence-corrected chi connectivity index (χ2v) is 33.3. The highest BCUT2D eigenvalue weighted by atomic mass is 28.5. The first kappa shape index (κ1) is 37.0. The van der Waals surface area contributed by atoms with Gasteiger partial charge in [-0.1, -0.05) is 88.3 Å². The van der Waals surface area contributed by atoms with Gasteiger partial charge in [-0.3, -0.25) is 0 Å². The van der Waals surface area contributed by atoms with Crippen LogP contribution in [0.2, 0.25) is 71.5 Å². The van der Waals surface area contributed by atoms with Crippen LogP contribution in [0.1, 0.15) is 57.4 Å². The van der Waals surface area contributed by atoms with E-state index in [1.54, 1.807) is 0 Å². The van der Waals surface area contributed by atoms with Gasteiger partial charge in [0.2, 0.25) is 8.32 Å². The van der Waals surface area contributed by atoms with E-state index in [2.05, 4.69) is 103 Å². The topological polar surface area (TPSA) is 60.7 Å². The zero-order valence-electron chi connectivity index (χ0n) is 28.4. The molecular weight excluding hydrogens is 603 g/mol. The highest BCUT2D eigenvalue weighted by Gasteiger charge is 2.46. The second kappa shape index (κ2) is 15.7. The van der Waals surface area contributed by atoms with E-state index in [0.29, 0.717) is 5.56 Å². The van der Waals surface area contributed by atoms with Crippen molar-refractivity contribution in [1.29, 1.82) is 5.26 Å². The van der Waals surface area contributed by atoms with Crippen LogP contribution < -0.4 is 5.19 Å². The number of hydrogen-bond acceptors (Lipinski definition) is 5. The Morgan fingerprint density at radius 2 is 0.976 bits per heavy atom. The lowest BCUT2D eigenvalue weighted by Gasteiger charge is -2.42. The number of benzene rings is 2. The van der Waals surface area contributed by atoms with Crippen molar-refractivity contribution in [3.63, 3.8) is 0 Å². The Labute approximate surface area is 263 Å². The Kier molecular flexibility index (Phi) is 13.9. The molecule has 0 fully saturated rings. The number of nitriles is 1. The van der Waals surface area contributed by atoms with Gasteiger partial charge in [-0.25, -0.2) is 0 Å². The summed E-state index contributed by atoms with van der Waals surface area (Å²) < 4.78 is 27.3. The lowest BCUT2D eigenvalue weighted by molar-refractivity contribution is 0.299. The van der Waals surface area contributed by atoms with E-state index >= 15 is 0 Å². The Bertz CT molecular complexity index is 1140. The normalized spacial score (nSPS) is 13.3. The fraction of sp³-hybridized carbons (Fsp3) is 0.594. The molecule has 0 aromatic heterocycles. The molecule has 0 heterocycles. The van der Waals surface area contributed by atoms with Crippen LogP contribution in [0.4, 0.5) is 0 Å². The molecule has 10 heteroatoms. The summed E-state index contributed by atoms with van der Waals surface area (Å²) in [7, 11) is -11.4. The highest BCUT2D eigenvalue weighted by Crippen LogP contribution is 2.28. The van der Waals surface area contributed by atoms with Gasteiger partial charge in [0.1, 0.15) is 0 Å². The van der Waals surface area contributed by atoms with E-state index in [0.717, 1.165) is 11.1 Å². The monoisotopic (exact) mass is 659 g/mol. The van der Waals surface area contributed by atoms with Crippen molar-refractivity contribution in [1.82, 2.24) is 0 Å². The van der Waals surface area contributed by atoms with Crippen LogP contribution in [0.15, 0.2) is 48.5 Å². The summed E-state index contributed by atoms with van der Waals surface area (Å²) in [5.41, 5.74) is 2.91. The van der Waals surface area contributed by atoms with Gasteiger partial charge in [0.25, 0.3) is 0 Å². The Morgan fingerprint density at radius 1 is 0.548 bits per heavy atom. The largest absolute Gasteiger partial charge is 0.436 e. The molecule has 2 aromatic rings. The molecule has 0 N–H and O–H groups in total. The van der Waals surface area contributed by atoms with Crippen LogP contribution in [0, 0.1) is 11.3 Å². The van der Waals surface area contributed by atoms with Gasteiger partial charge in [-0.2, -0.15) is 5.26 Å². The van der Waals surface area contributed by atoms with Crippen molar-refractivity contribution in [2.24, 2.45) is 0 Å². The molecule has 0 aliphatic rings. The zero-order chi connectivity index (χ0) is 31.7. The Balaban J connectivity index is 1.96. The third-order valence-corrected chi connectivity index (χ3v) is 26.6. The van der Waals surface area contributed by atoms with Crippen LogP contribution in [0.3, 0.4) is 0 Å². The molecule has 0 amide bonds. The minimum Gasteiger partial charge on any atom is -0.436 e. The number of rotatable bonds is 18. The van der Waals surface area contributed by atoms with Gasteiger partial charge in [0.15, 0.2) is 8.32 Å². The number of nitrogens with zero attached hydrogens (tertiary/aromatic N) is 1. The molecule has 0 aliphatic carbocycles. The van der Waals surface area contributed by atoms with Gasteiger partial charge in [-0.15, -0.1) is 0 Å². The predicted octanol–water partition coefficient (Wildman–Crippen LogP) is 9.76. The summed E-state index contributed by atoms with van der Waals surface area (Å²) in [6, 6.07) is 19.8. The minimum atomic E-state index is -2.50. The Morgan fingerprint density at radius 3 is 1.48 bits per heavy atom. The lowest BCUT2D eigenvalue weighted by Crippen LogP contribution is -2.60. The first-order valence-electron chi connectivity index (χ1n) is 15.8. The molecular formula is C32H57NO4Si5. The average molecular weight is 660 g/mol. The van der Waals surface area contributed by atoms with E-state index in [9.17, 15) is 0 Å². The fourth-order valence-electron chi connectivity index (χ4n) is 5.95. The summed E-state index contributed by atoms with van der Waals surface area (Å²) in [6.07, 6.45) is 9.31. The third-order valence-electron chi connectivity index (χ3n) is 7.32. The maximum absolute atomic E-state index is 9.08. The molecule has 234 valence electrons. The molecule has 0 atom stereocenters. The van der Waals surface area contributed by atoms with Crippen LogP contribution in [0.5, 0.6) is 0 Å². The van der Waals surface area contributed by atoms with Crippen molar-refractivity contribution in [2.45, 2.75) is 123 Å². The highest BCUT2D eigenvalue weighted by molar-refractivity contribution is 6.94. The van der Waals surface area contributed by atoms with Crippen molar-refractivity contribution in [3.05, 3.63) is 54.1 Å².